The van der Waals surface area contributed by atoms with Crippen molar-refractivity contribution < 1.29 is 38.1 Å². The summed E-state index contributed by atoms with van der Waals surface area (Å²) in [5.74, 6) is -0.961. The molecule has 4 rings (SSSR count). The van der Waals surface area contributed by atoms with E-state index in [4.69, 9.17) is 18.9 Å². The van der Waals surface area contributed by atoms with E-state index in [0.717, 1.165) is 11.1 Å². The summed E-state index contributed by atoms with van der Waals surface area (Å²) < 4.78 is 21.7. The van der Waals surface area contributed by atoms with E-state index >= 15 is 0 Å². The van der Waals surface area contributed by atoms with E-state index in [0.29, 0.717) is 51.5 Å². The van der Waals surface area contributed by atoms with Gasteiger partial charge in [-0.1, -0.05) is 63.1 Å². The van der Waals surface area contributed by atoms with Gasteiger partial charge in [-0.05, 0) is 91.6 Å². The molecule has 0 fully saturated rings. The third kappa shape index (κ3) is 8.33. The number of hydrogen-bond acceptors (Lipinski definition) is 8. The second-order valence-corrected chi connectivity index (χ2v) is 10.4. The molecule has 0 N–H and O–H groups in total. The van der Waals surface area contributed by atoms with Gasteiger partial charge in [0.25, 0.3) is 0 Å². The van der Waals surface area contributed by atoms with Gasteiger partial charge in [0.1, 0.15) is 23.0 Å². The molecule has 4 aromatic carbocycles. The van der Waals surface area contributed by atoms with Crippen LogP contribution in [-0.4, -0.2) is 23.9 Å². The number of carbonyl (C=O) groups excluding carboxylic acids is 4. The molecular weight excluding hydrogens is 584 g/mol. The highest BCUT2D eigenvalue weighted by atomic mass is 16.5. The van der Waals surface area contributed by atoms with E-state index in [-0.39, 0.29) is 11.3 Å². The van der Waals surface area contributed by atoms with Crippen LogP contribution in [0.25, 0.3) is 22.3 Å². The van der Waals surface area contributed by atoms with E-state index in [9.17, 15) is 19.2 Å². The van der Waals surface area contributed by atoms with Crippen molar-refractivity contribution in [2.24, 2.45) is 0 Å². The summed E-state index contributed by atoms with van der Waals surface area (Å²) in [6.45, 7) is 15.8. The van der Waals surface area contributed by atoms with Crippen molar-refractivity contribution in [3.8, 4) is 45.3 Å². The molecule has 0 unspecified atom stereocenters. The molecule has 0 amide bonds. The lowest BCUT2D eigenvalue weighted by atomic mass is 9.98. The summed E-state index contributed by atoms with van der Waals surface area (Å²) in [6, 6.07) is 25.1. The van der Waals surface area contributed by atoms with Crippen molar-refractivity contribution in [2.45, 2.75) is 27.2 Å². The van der Waals surface area contributed by atoms with Crippen molar-refractivity contribution >= 4 is 23.9 Å². The normalized spacial score (nSPS) is 10.3. The van der Waals surface area contributed by atoms with Crippen LogP contribution in [0.1, 0.15) is 37.6 Å². The molecule has 0 aliphatic carbocycles. The Kier molecular flexibility index (Phi) is 10.5. The highest BCUT2D eigenvalue weighted by molar-refractivity contribution is 5.93. The lowest BCUT2D eigenvalue weighted by Gasteiger charge is -2.14. The maximum absolute atomic E-state index is 12.8. The fourth-order valence-electron chi connectivity index (χ4n) is 3.97. The molecule has 0 aliphatic heterocycles. The fourth-order valence-corrected chi connectivity index (χ4v) is 3.97. The quantitative estimate of drug-likeness (QED) is 0.0946. The molecule has 232 valence electrons. The fraction of sp³-hybridized carbons (Fsp3) is 0.105. The molecule has 0 radical (unpaired) electrons. The largest absolute Gasteiger partial charge is 0.423 e. The first-order valence-corrected chi connectivity index (χ1v) is 14.3. The van der Waals surface area contributed by atoms with Gasteiger partial charge in [-0.15, -0.1) is 0 Å². The van der Waals surface area contributed by atoms with Gasteiger partial charge in [-0.2, -0.15) is 0 Å². The van der Waals surface area contributed by atoms with Crippen molar-refractivity contribution in [2.75, 3.05) is 0 Å². The van der Waals surface area contributed by atoms with E-state index in [2.05, 4.69) is 19.7 Å². The van der Waals surface area contributed by atoms with Gasteiger partial charge in [-0.25, -0.2) is 19.2 Å². The first kappa shape index (κ1) is 32.9. The van der Waals surface area contributed by atoms with Crippen molar-refractivity contribution in [3.63, 3.8) is 0 Å². The Hall–Kier alpha value is -6.02. The molecular formula is C38H32O8. The minimum Gasteiger partial charge on any atom is -0.423 e. The smallest absolute Gasteiger partial charge is 0.343 e. The molecule has 0 aliphatic rings. The zero-order chi connectivity index (χ0) is 33.4. The third-order valence-corrected chi connectivity index (χ3v) is 6.67. The number of esters is 4. The van der Waals surface area contributed by atoms with Crippen LogP contribution in [-0.2, 0) is 14.4 Å². The number of carbonyl (C=O) groups is 4. The van der Waals surface area contributed by atoms with Crippen LogP contribution in [0, 0.1) is 0 Å². The van der Waals surface area contributed by atoms with Crippen molar-refractivity contribution in [1.29, 1.82) is 0 Å². The Labute approximate surface area is 267 Å². The molecule has 0 spiro atoms. The molecule has 0 atom stereocenters. The zero-order valence-corrected chi connectivity index (χ0v) is 25.8. The third-order valence-electron chi connectivity index (χ3n) is 6.67. The van der Waals surface area contributed by atoms with Crippen LogP contribution in [0.4, 0.5) is 0 Å². The molecule has 0 saturated carbocycles. The molecule has 46 heavy (non-hydrogen) atoms. The van der Waals surface area contributed by atoms with Crippen LogP contribution in [0.5, 0.6) is 23.0 Å². The maximum atomic E-state index is 12.8. The van der Waals surface area contributed by atoms with Gasteiger partial charge in [-0.3, -0.25) is 0 Å². The standard InChI is InChI=1S/C38H32O8/c1-7-25(6)37(41)46-34-22-29(26-12-15-30(16-13-26)43-35(39)23(2)3)14-21-33(34)27-8-10-28(11-9-27)38(42)45-32-19-17-31(18-20-32)44-36(40)24(4)5/h8-22H,2,4,6-7H2,1,3,5H3. The predicted molar refractivity (Wildman–Crippen MR) is 175 cm³/mol. The van der Waals surface area contributed by atoms with Gasteiger partial charge in [0.2, 0.25) is 0 Å². The number of hydrogen-bond donors (Lipinski definition) is 0. The van der Waals surface area contributed by atoms with Gasteiger partial charge >= 0.3 is 23.9 Å². The summed E-state index contributed by atoms with van der Waals surface area (Å²) in [5, 5.41) is 0. The van der Waals surface area contributed by atoms with Gasteiger partial charge < -0.3 is 18.9 Å². The summed E-state index contributed by atoms with van der Waals surface area (Å²) in [5.41, 5.74) is 4.04. The SMILES string of the molecule is C=C(C)C(=O)Oc1ccc(OC(=O)c2ccc(-c3ccc(-c4ccc(OC(=O)C(=C)C)cc4)cc3OC(=O)C(=C)CC)cc2)cc1. The van der Waals surface area contributed by atoms with E-state index < -0.39 is 23.9 Å². The Bertz CT molecular complexity index is 1830. The number of ether oxygens (including phenoxy) is 4. The Morgan fingerprint density at radius 3 is 1.50 bits per heavy atom. The topological polar surface area (TPSA) is 105 Å². The predicted octanol–water partition coefficient (Wildman–Crippen LogP) is 8.07. The second-order valence-electron chi connectivity index (χ2n) is 10.4. The summed E-state index contributed by atoms with van der Waals surface area (Å²) >= 11 is 0. The summed E-state index contributed by atoms with van der Waals surface area (Å²) in [7, 11) is 0. The molecule has 8 heteroatoms. The molecule has 8 nitrogen and oxygen atoms in total. The molecule has 0 aromatic heterocycles. The van der Waals surface area contributed by atoms with Crippen molar-refractivity contribution in [1.82, 2.24) is 0 Å². The first-order chi connectivity index (χ1) is 21.9. The molecule has 0 bridgehead atoms. The lowest BCUT2D eigenvalue weighted by Crippen LogP contribution is -2.11. The van der Waals surface area contributed by atoms with Crippen LogP contribution in [0.3, 0.4) is 0 Å². The van der Waals surface area contributed by atoms with Gasteiger partial charge in [0.15, 0.2) is 0 Å². The Morgan fingerprint density at radius 1 is 0.543 bits per heavy atom. The highest BCUT2D eigenvalue weighted by Gasteiger charge is 2.17. The Morgan fingerprint density at radius 2 is 1.00 bits per heavy atom. The van der Waals surface area contributed by atoms with E-state index in [1.165, 1.54) is 24.3 Å². The average Bonchev–Trinajstić information content (AvgIpc) is 3.05. The summed E-state index contributed by atoms with van der Waals surface area (Å²) in [6.07, 6.45) is 0.428. The van der Waals surface area contributed by atoms with E-state index in [1.807, 2.05) is 19.1 Å². The lowest BCUT2D eigenvalue weighted by molar-refractivity contribution is -0.131. The van der Waals surface area contributed by atoms with Gasteiger partial charge in [0, 0.05) is 22.3 Å². The van der Waals surface area contributed by atoms with Gasteiger partial charge in [0.05, 0.1) is 5.56 Å². The summed E-state index contributed by atoms with van der Waals surface area (Å²) in [4.78, 5) is 49.1. The second kappa shape index (κ2) is 14.6. The molecule has 4 aromatic rings. The number of benzene rings is 4. The zero-order valence-electron chi connectivity index (χ0n) is 25.8. The first-order valence-electron chi connectivity index (χ1n) is 14.3. The number of rotatable bonds is 11. The molecule has 0 heterocycles. The van der Waals surface area contributed by atoms with Crippen molar-refractivity contribution in [3.05, 3.63) is 133 Å². The van der Waals surface area contributed by atoms with Crippen LogP contribution >= 0.6 is 0 Å². The van der Waals surface area contributed by atoms with E-state index in [1.54, 1.807) is 68.4 Å². The Balaban J connectivity index is 1.55. The highest BCUT2D eigenvalue weighted by Crippen LogP contribution is 2.36. The minimum absolute atomic E-state index is 0.265. The molecule has 0 saturated heterocycles. The monoisotopic (exact) mass is 616 g/mol. The van der Waals surface area contributed by atoms with Crippen LogP contribution in [0.2, 0.25) is 0 Å². The van der Waals surface area contributed by atoms with Crippen LogP contribution < -0.4 is 18.9 Å². The maximum Gasteiger partial charge on any atom is 0.343 e. The average molecular weight is 617 g/mol. The minimum atomic E-state index is -0.586. The van der Waals surface area contributed by atoms with Crippen LogP contribution in [0.15, 0.2) is 127 Å².